The molecule has 1 aliphatic rings. The topological polar surface area (TPSA) is 66.4 Å². The summed E-state index contributed by atoms with van der Waals surface area (Å²) in [6.07, 6.45) is -3.56. The molecular weight excluding hydrogens is 432 g/mol. The molecule has 0 spiro atoms. The first-order valence-corrected chi connectivity index (χ1v) is 11.5. The minimum Gasteiger partial charge on any atom is -0.387 e. The van der Waals surface area contributed by atoms with Gasteiger partial charge in [0.15, 0.2) is 6.29 Å². The van der Waals surface area contributed by atoms with Crippen molar-refractivity contribution in [3.63, 3.8) is 0 Å². The summed E-state index contributed by atoms with van der Waals surface area (Å²) in [6.45, 7) is 1.31. The van der Waals surface area contributed by atoms with Crippen molar-refractivity contribution in [2.75, 3.05) is 13.7 Å². The number of benzene rings is 3. The van der Waals surface area contributed by atoms with Crippen LogP contribution in [0.15, 0.2) is 91.0 Å². The quantitative estimate of drug-likeness (QED) is 0.461. The van der Waals surface area contributed by atoms with Crippen LogP contribution >= 0.6 is 0 Å². The fraction of sp³-hybridized carbons (Fsp3) is 0.357. The van der Waals surface area contributed by atoms with E-state index >= 15 is 0 Å². The molecule has 4 rings (SSSR count). The third-order valence-corrected chi connectivity index (χ3v) is 5.82. The van der Waals surface area contributed by atoms with Gasteiger partial charge in [-0.1, -0.05) is 91.0 Å². The van der Waals surface area contributed by atoms with Crippen molar-refractivity contribution in [1.29, 1.82) is 0 Å². The summed E-state index contributed by atoms with van der Waals surface area (Å²) in [6, 6.07) is 29.6. The molecule has 0 saturated carbocycles. The lowest BCUT2D eigenvalue weighted by molar-refractivity contribution is -0.315. The van der Waals surface area contributed by atoms with E-state index in [4.69, 9.17) is 23.7 Å². The van der Waals surface area contributed by atoms with Crippen molar-refractivity contribution in [2.45, 2.75) is 50.5 Å². The van der Waals surface area contributed by atoms with E-state index in [0.29, 0.717) is 19.8 Å². The van der Waals surface area contributed by atoms with Gasteiger partial charge in [-0.2, -0.15) is 0 Å². The van der Waals surface area contributed by atoms with Crippen molar-refractivity contribution in [2.24, 2.45) is 0 Å². The Hall–Kier alpha value is -2.58. The highest BCUT2D eigenvalue weighted by atomic mass is 16.7. The summed E-state index contributed by atoms with van der Waals surface area (Å²) in [5.41, 5.74) is 3.08. The number of aliphatic hydroxyl groups excluding tert-OH is 1. The van der Waals surface area contributed by atoms with Crippen molar-refractivity contribution in [3.8, 4) is 0 Å². The average molecular weight is 465 g/mol. The second kappa shape index (κ2) is 12.8. The van der Waals surface area contributed by atoms with Gasteiger partial charge in [0.2, 0.25) is 0 Å². The maximum absolute atomic E-state index is 11.2. The van der Waals surface area contributed by atoms with Crippen LogP contribution in [0.4, 0.5) is 0 Å². The Labute approximate surface area is 201 Å². The molecule has 6 nitrogen and oxygen atoms in total. The molecule has 1 aliphatic heterocycles. The fourth-order valence-corrected chi connectivity index (χ4v) is 3.99. The smallest absolute Gasteiger partial charge is 0.186 e. The van der Waals surface area contributed by atoms with Crippen molar-refractivity contribution < 1.29 is 28.8 Å². The molecule has 1 heterocycles. The zero-order valence-corrected chi connectivity index (χ0v) is 19.4. The van der Waals surface area contributed by atoms with Crippen molar-refractivity contribution in [3.05, 3.63) is 108 Å². The fourth-order valence-electron chi connectivity index (χ4n) is 3.99. The molecule has 3 aromatic carbocycles. The Morgan fingerprint density at radius 1 is 0.676 bits per heavy atom. The molecule has 180 valence electrons. The first-order valence-electron chi connectivity index (χ1n) is 11.5. The van der Waals surface area contributed by atoms with Gasteiger partial charge in [-0.15, -0.1) is 0 Å². The molecule has 34 heavy (non-hydrogen) atoms. The first kappa shape index (κ1) is 24.5. The number of methoxy groups -OCH3 is 1. The summed E-state index contributed by atoms with van der Waals surface area (Å²) in [4.78, 5) is 0. The van der Waals surface area contributed by atoms with Gasteiger partial charge in [-0.05, 0) is 16.7 Å². The monoisotopic (exact) mass is 464 g/mol. The van der Waals surface area contributed by atoms with Gasteiger partial charge in [0.25, 0.3) is 0 Å². The predicted molar refractivity (Wildman–Crippen MR) is 128 cm³/mol. The van der Waals surface area contributed by atoms with Gasteiger partial charge in [0.1, 0.15) is 24.4 Å². The molecule has 6 heteroatoms. The third-order valence-electron chi connectivity index (χ3n) is 5.82. The molecule has 1 N–H and O–H groups in total. The van der Waals surface area contributed by atoms with Crippen LogP contribution in [0.25, 0.3) is 0 Å². The van der Waals surface area contributed by atoms with Gasteiger partial charge in [-0.25, -0.2) is 0 Å². The number of ether oxygens (including phenoxy) is 5. The van der Waals surface area contributed by atoms with Crippen LogP contribution in [0.5, 0.6) is 0 Å². The van der Waals surface area contributed by atoms with Gasteiger partial charge in [0, 0.05) is 7.11 Å². The van der Waals surface area contributed by atoms with E-state index < -0.39 is 30.7 Å². The van der Waals surface area contributed by atoms with E-state index in [0.717, 1.165) is 16.7 Å². The molecule has 0 aliphatic carbocycles. The number of hydrogen-bond acceptors (Lipinski definition) is 6. The highest BCUT2D eigenvalue weighted by molar-refractivity contribution is 5.15. The average Bonchev–Trinajstić information content (AvgIpc) is 2.89. The predicted octanol–water partition coefficient (Wildman–Crippen LogP) is 4.11. The standard InChI is InChI=1S/C28H32O6/c1-30-28-27(33-19-23-15-9-4-10-16-23)26(32-18-22-13-7-3-8-14-22)25(29)24(34-28)20-31-17-21-11-5-2-6-12-21/h2-16,24-29H,17-20H2,1H3/t24?,25-,26?,27+,28+/m1/s1. The van der Waals surface area contributed by atoms with Crippen LogP contribution in [0, 0.1) is 0 Å². The Kier molecular flexibility index (Phi) is 9.21. The van der Waals surface area contributed by atoms with E-state index in [9.17, 15) is 5.11 Å². The molecule has 1 saturated heterocycles. The van der Waals surface area contributed by atoms with Gasteiger partial charge in [-0.3, -0.25) is 0 Å². The molecule has 2 unspecified atom stereocenters. The second-order valence-corrected chi connectivity index (χ2v) is 8.29. The van der Waals surface area contributed by atoms with E-state index in [1.807, 2.05) is 91.0 Å². The molecular formula is C28H32O6. The van der Waals surface area contributed by atoms with Crippen LogP contribution in [0.1, 0.15) is 16.7 Å². The third kappa shape index (κ3) is 6.73. The minimum atomic E-state index is -0.952. The lowest BCUT2D eigenvalue weighted by Crippen LogP contribution is -2.60. The Bertz CT molecular complexity index is 952. The normalized spacial score (nSPS) is 24.7. The SMILES string of the molecule is CO[C@H]1OC(COCc2ccccc2)[C@@H](O)C(OCc2ccccc2)[C@@H]1OCc1ccccc1. The van der Waals surface area contributed by atoms with Crippen LogP contribution in [0.2, 0.25) is 0 Å². The largest absolute Gasteiger partial charge is 0.387 e. The van der Waals surface area contributed by atoms with Gasteiger partial charge in [0.05, 0.1) is 26.4 Å². The summed E-state index contributed by atoms with van der Waals surface area (Å²) in [5.74, 6) is 0. The van der Waals surface area contributed by atoms with E-state index in [2.05, 4.69) is 0 Å². The van der Waals surface area contributed by atoms with E-state index in [-0.39, 0.29) is 6.61 Å². The van der Waals surface area contributed by atoms with Crippen LogP contribution in [0.3, 0.4) is 0 Å². The van der Waals surface area contributed by atoms with Gasteiger partial charge >= 0.3 is 0 Å². The first-order chi connectivity index (χ1) is 16.7. The molecule has 1 fully saturated rings. The summed E-state index contributed by atoms with van der Waals surface area (Å²) < 4.78 is 30.0. The molecule has 0 amide bonds. The second-order valence-electron chi connectivity index (χ2n) is 8.29. The van der Waals surface area contributed by atoms with Crippen LogP contribution in [-0.2, 0) is 43.5 Å². The van der Waals surface area contributed by atoms with Crippen molar-refractivity contribution >= 4 is 0 Å². The van der Waals surface area contributed by atoms with Crippen LogP contribution in [-0.4, -0.2) is 49.5 Å². The molecule has 0 aromatic heterocycles. The van der Waals surface area contributed by atoms with E-state index in [1.54, 1.807) is 7.11 Å². The lowest BCUT2D eigenvalue weighted by atomic mass is 9.98. The Balaban J connectivity index is 1.44. The van der Waals surface area contributed by atoms with E-state index in [1.165, 1.54) is 0 Å². The molecule has 0 radical (unpaired) electrons. The number of hydrogen-bond donors (Lipinski definition) is 1. The Morgan fingerprint density at radius 3 is 1.65 bits per heavy atom. The molecule has 5 atom stereocenters. The maximum Gasteiger partial charge on any atom is 0.186 e. The number of rotatable bonds is 11. The molecule has 3 aromatic rings. The summed E-state index contributed by atoms with van der Waals surface area (Å²) in [5, 5.41) is 11.2. The zero-order valence-electron chi connectivity index (χ0n) is 19.4. The highest BCUT2D eigenvalue weighted by Crippen LogP contribution is 2.28. The zero-order chi connectivity index (χ0) is 23.6. The highest BCUT2D eigenvalue weighted by Gasteiger charge is 2.47. The van der Waals surface area contributed by atoms with Crippen LogP contribution < -0.4 is 0 Å². The van der Waals surface area contributed by atoms with Gasteiger partial charge < -0.3 is 28.8 Å². The molecule has 0 bridgehead atoms. The minimum absolute atomic E-state index is 0.201. The lowest BCUT2D eigenvalue weighted by Gasteiger charge is -2.43. The Morgan fingerprint density at radius 2 is 1.15 bits per heavy atom. The van der Waals surface area contributed by atoms with Crippen molar-refractivity contribution in [1.82, 2.24) is 0 Å². The summed E-state index contributed by atoms with van der Waals surface area (Å²) in [7, 11) is 1.57. The summed E-state index contributed by atoms with van der Waals surface area (Å²) >= 11 is 0. The number of aliphatic hydroxyl groups is 1. The maximum atomic E-state index is 11.2.